The molecule has 5 heteroatoms. The molecule has 11 heavy (non-hydrogen) atoms. The van der Waals surface area contributed by atoms with Crippen LogP contribution in [0.5, 0.6) is 0 Å². The second-order valence-electron chi connectivity index (χ2n) is 2.19. The van der Waals surface area contributed by atoms with Crippen LogP contribution in [0.3, 0.4) is 0 Å². The molecule has 1 heterocycles. The number of azide groups is 1. The molecule has 0 spiro atoms. The van der Waals surface area contributed by atoms with E-state index < -0.39 is 0 Å². The highest BCUT2D eigenvalue weighted by Crippen LogP contribution is 1.94. The Bertz CT molecular complexity index is 270. The summed E-state index contributed by atoms with van der Waals surface area (Å²) < 4.78 is 1.73. The lowest BCUT2D eigenvalue weighted by Gasteiger charge is -1.88. The Balaban J connectivity index is 2.44. The molecular formula is C6H9N5. The van der Waals surface area contributed by atoms with Crippen LogP contribution >= 0.6 is 0 Å². The van der Waals surface area contributed by atoms with Crippen molar-refractivity contribution in [2.75, 3.05) is 6.54 Å². The van der Waals surface area contributed by atoms with E-state index in [9.17, 15) is 0 Å². The Kier molecular flexibility index (Phi) is 2.52. The molecular weight excluding hydrogens is 142 g/mol. The maximum absolute atomic E-state index is 7.98. The van der Waals surface area contributed by atoms with Crippen molar-refractivity contribution in [3.05, 3.63) is 28.4 Å². The van der Waals surface area contributed by atoms with Crippen LogP contribution in [0.4, 0.5) is 0 Å². The van der Waals surface area contributed by atoms with Crippen molar-refractivity contribution in [1.82, 2.24) is 9.78 Å². The monoisotopic (exact) mass is 151 g/mol. The molecule has 1 aromatic rings. The fraction of sp³-hybridized carbons (Fsp3) is 0.500. The zero-order chi connectivity index (χ0) is 8.10. The van der Waals surface area contributed by atoms with Crippen LogP contribution in [0, 0.1) is 0 Å². The molecule has 5 nitrogen and oxygen atoms in total. The van der Waals surface area contributed by atoms with Crippen molar-refractivity contribution in [1.29, 1.82) is 0 Å². The summed E-state index contributed by atoms with van der Waals surface area (Å²) in [5.74, 6) is 0. The second-order valence-corrected chi connectivity index (χ2v) is 2.19. The molecule has 0 aromatic carbocycles. The minimum Gasteiger partial charge on any atom is -0.276 e. The Morgan fingerprint density at radius 3 is 3.18 bits per heavy atom. The predicted molar refractivity (Wildman–Crippen MR) is 40.9 cm³/mol. The van der Waals surface area contributed by atoms with Gasteiger partial charge in [0.15, 0.2) is 0 Å². The standard InChI is InChI=1S/C6H9N5/c1-11-5-3-6(9-11)2-4-8-10-7/h3,5H,2,4H2,1H3. The van der Waals surface area contributed by atoms with Gasteiger partial charge >= 0.3 is 0 Å². The highest BCUT2D eigenvalue weighted by Gasteiger charge is 1.93. The van der Waals surface area contributed by atoms with E-state index in [0.29, 0.717) is 13.0 Å². The van der Waals surface area contributed by atoms with Crippen molar-refractivity contribution < 1.29 is 0 Å². The molecule has 0 radical (unpaired) electrons. The van der Waals surface area contributed by atoms with Gasteiger partial charge in [0, 0.05) is 24.7 Å². The van der Waals surface area contributed by atoms with Crippen molar-refractivity contribution in [2.45, 2.75) is 6.42 Å². The summed E-state index contributed by atoms with van der Waals surface area (Å²) in [6, 6.07) is 1.91. The van der Waals surface area contributed by atoms with Gasteiger partial charge in [-0.2, -0.15) is 5.10 Å². The third-order valence-electron chi connectivity index (χ3n) is 1.30. The minimum absolute atomic E-state index is 0.480. The predicted octanol–water partition coefficient (Wildman–Crippen LogP) is 1.27. The van der Waals surface area contributed by atoms with E-state index in [0.717, 1.165) is 5.69 Å². The Morgan fingerprint density at radius 1 is 1.82 bits per heavy atom. The zero-order valence-corrected chi connectivity index (χ0v) is 6.30. The second kappa shape index (κ2) is 3.63. The van der Waals surface area contributed by atoms with Crippen LogP contribution in [-0.4, -0.2) is 16.3 Å². The lowest BCUT2D eigenvalue weighted by atomic mass is 10.3. The summed E-state index contributed by atoms with van der Waals surface area (Å²) in [4.78, 5) is 2.65. The first kappa shape index (κ1) is 7.63. The van der Waals surface area contributed by atoms with Crippen LogP contribution in [0.25, 0.3) is 10.4 Å². The van der Waals surface area contributed by atoms with Gasteiger partial charge in [-0.15, -0.1) is 0 Å². The van der Waals surface area contributed by atoms with Gasteiger partial charge in [-0.3, -0.25) is 4.68 Å². The normalized spacial score (nSPS) is 9.18. The Hall–Kier alpha value is -1.48. The van der Waals surface area contributed by atoms with E-state index >= 15 is 0 Å². The lowest BCUT2D eigenvalue weighted by Crippen LogP contribution is -1.92. The highest BCUT2D eigenvalue weighted by atomic mass is 15.2. The fourth-order valence-corrected chi connectivity index (χ4v) is 0.806. The number of hydrogen-bond donors (Lipinski definition) is 0. The van der Waals surface area contributed by atoms with E-state index in [-0.39, 0.29) is 0 Å². The fourth-order valence-electron chi connectivity index (χ4n) is 0.806. The third kappa shape index (κ3) is 2.31. The molecule has 1 aromatic heterocycles. The molecule has 0 saturated carbocycles. The summed E-state index contributed by atoms with van der Waals surface area (Å²) in [5.41, 5.74) is 8.94. The van der Waals surface area contributed by atoms with E-state index in [1.54, 1.807) is 4.68 Å². The van der Waals surface area contributed by atoms with E-state index in [4.69, 9.17) is 5.53 Å². The number of aryl methyl sites for hydroxylation is 1. The van der Waals surface area contributed by atoms with Gasteiger partial charge in [0.2, 0.25) is 0 Å². The number of hydrogen-bond acceptors (Lipinski definition) is 2. The molecule has 0 aliphatic carbocycles. The molecule has 0 atom stereocenters. The Morgan fingerprint density at radius 2 is 2.64 bits per heavy atom. The summed E-state index contributed by atoms with van der Waals surface area (Å²) in [6.07, 6.45) is 2.58. The molecule has 0 aliphatic heterocycles. The topological polar surface area (TPSA) is 66.6 Å². The first-order valence-electron chi connectivity index (χ1n) is 3.32. The lowest BCUT2D eigenvalue weighted by molar-refractivity contribution is 0.738. The summed E-state index contributed by atoms with van der Waals surface area (Å²) >= 11 is 0. The van der Waals surface area contributed by atoms with E-state index in [2.05, 4.69) is 15.1 Å². The first-order valence-corrected chi connectivity index (χ1v) is 3.32. The van der Waals surface area contributed by atoms with Gasteiger partial charge < -0.3 is 0 Å². The van der Waals surface area contributed by atoms with Gasteiger partial charge in [0.05, 0.1) is 5.69 Å². The van der Waals surface area contributed by atoms with Gasteiger partial charge in [-0.1, -0.05) is 5.11 Å². The average Bonchev–Trinajstić information content (AvgIpc) is 2.37. The molecule has 0 N–H and O–H groups in total. The molecule has 0 unspecified atom stereocenters. The summed E-state index contributed by atoms with van der Waals surface area (Å²) in [5, 5.41) is 7.52. The zero-order valence-electron chi connectivity index (χ0n) is 6.30. The largest absolute Gasteiger partial charge is 0.276 e. The quantitative estimate of drug-likeness (QED) is 0.364. The maximum Gasteiger partial charge on any atom is 0.0625 e. The van der Waals surface area contributed by atoms with E-state index in [1.807, 2.05) is 19.3 Å². The number of nitrogens with zero attached hydrogens (tertiary/aromatic N) is 5. The minimum atomic E-state index is 0.480. The first-order chi connectivity index (χ1) is 5.33. The van der Waals surface area contributed by atoms with Crippen LogP contribution in [-0.2, 0) is 13.5 Å². The van der Waals surface area contributed by atoms with Gasteiger partial charge in [0.1, 0.15) is 0 Å². The molecule has 0 amide bonds. The van der Waals surface area contributed by atoms with Crippen molar-refractivity contribution in [3.63, 3.8) is 0 Å². The van der Waals surface area contributed by atoms with Crippen LogP contribution in [0.15, 0.2) is 17.4 Å². The molecule has 0 fully saturated rings. The van der Waals surface area contributed by atoms with Gasteiger partial charge in [-0.05, 0) is 18.0 Å². The van der Waals surface area contributed by atoms with Crippen LogP contribution in [0.2, 0.25) is 0 Å². The van der Waals surface area contributed by atoms with Gasteiger partial charge in [0.25, 0.3) is 0 Å². The smallest absolute Gasteiger partial charge is 0.0625 e. The van der Waals surface area contributed by atoms with Crippen LogP contribution < -0.4 is 0 Å². The Labute approximate surface area is 64.3 Å². The SMILES string of the molecule is Cn1ccc(CCN=[N+]=[N-])n1. The average molecular weight is 151 g/mol. The molecule has 1 rings (SSSR count). The number of rotatable bonds is 3. The van der Waals surface area contributed by atoms with E-state index in [1.165, 1.54) is 0 Å². The maximum atomic E-state index is 7.98. The molecule has 0 saturated heterocycles. The molecule has 0 aliphatic rings. The third-order valence-corrected chi connectivity index (χ3v) is 1.30. The van der Waals surface area contributed by atoms with Crippen molar-refractivity contribution >= 4 is 0 Å². The summed E-state index contributed by atoms with van der Waals surface area (Å²) in [7, 11) is 1.86. The highest BCUT2D eigenvalue weighted by molar-refractivity contribution is 4.98. The summed E-state index contributed by atoms with van der Waals surface area (Å²) in [6.45, 7) is 0.480. The molecule has 58 valence electrons. The van der Waals surface area contributed by atoms with Gasteiger partial charge in [-0.25, -0.2) is 0 Å². The van der Waals surface area contributed by atoms with Crippen molar-refractivity contribution in [3.8, 4) is 0 Å². The van der Waals surface area contributed by atoms with Crippen LogP contribution in [0.1, 0.15) is 5.69 Å². The molecule has 0 bridgehead atoms. The van der Waals surface area contributed by atoms with Crippen molar-refractivity contribution in [2.24, 2.45) is 12.2 Å². The number of aromatic nitrogens is 2.